The lowest BCUT2D eigenvalue weighted by Crippen LogP contribution is -2.49. The summed E-state index contributed by atoms with van der Waals surface area (Å²) in [6.07, 6.45) is 0.443. The number of likely N-dealkylation sites (tertiary alicyclic amines) is 1. The zero-order valence-electron chi connectivity index (χ0n) is 13.2. The van der Waals surface area contributed by atoms with E-state index in [9.17, 15) is 4.79 Å². The Morgan fingerprint density at radius 3 is 2.67 bits per heavy atom. The Morgan fingerprint density at radius 1 is 1.38 bits per heavy atom. The molecule has 1 aliphatic heterocycles. The van der Waals surface area contributed by atoms with Crippen LogP contribution in [-0.2, 0) is 11.3 Å². The highest BCUT2D eigenvalue weighted by Crippen LogP contribution is 2.23. The lowest BCUT2D eigenvalue weighted by Gasteiger charge is -2.28. The third-order valence-corrected chi connectivity index (χ3v) is 3.45. The van der Waals surface area contributed by atoms with Crippen molar-refractivity contribution in [2.75, 3.05) is 13.1 Å². The van der Waals surface area contributed by atoms with Crippen LogP contribution >= 0.6 is 0 Å². The first kappa shape index (κ1) is 15.8. The second-order valence-corrected chi connectivity index (χ2v) is 6.85. The first-order chi connectivity index (χ1) is 9.76. The minimum atomic E-state index is -0.483. The summed E-state index contributed by atoms with van der Waals surface area (Å²) >= 11 is 0. The van der Waals surface area contributed by atoms with Gasteiger partial charge in [-0.2, -0.15) is 0 Å². The smallest absolute Gasteiger partial charge is 0.408 e. The van der Waals surface area contributed by atoms with Crippen molar-refractivity contribution in [2.24, 2.45) is 0 Å². The van der Waals surface area contributed by atoms with E-state index < -0.39 is 11.1 Å². The number of carbonyl (C=O) groups is 1. The Balaban J connectivity index is 1.87. The van der Waals surface area contributed by atoms with E-state index in [1.807, 2.05) is 39.0 Å². The van der Waals surface area contributed by atoms with Gasteiger partial charge in [0.1, 0.15) is 5.60 Å². The van der Waals surface area contributed by atoms with Gasteiger partial charge >= 0.3 is 6.09 Å². The van der Waals surface area contributed by atoms with Crippen LogP contribution in [-0.4, -0.2) is 35.2 Å². The molecule has 1 saturated heterocycles. The number of amides is 1. The number of nitrogens with one attached hydrogen (secondary N) is 1. The fraction of sp³-hybridized carbons (Fsp3) is 0.529. The normalized spacial score (nSPS) is 23.0. The molecule has 0 aliphatic carbocycles. The summed E-state index contributed by atoms with van der Waals surface area (Å²) in [5.41, 5.74) is 0.332. The number of rotatable bonds is 3. The van der Waals surface area contributed by atoms with Crippen molar-refractivity contribution in [3.8, 4) is 0 Å². The molecule has 115 valence electrons. The van der Waals surface area contributed by atoms with E-state index in [1.54, 1.807) is 0 Å². The van der Waals surface area contributed by atoms with E-state index in [0.29, 0.717) is 0 Å². The summed E-state index contributed by atoms with van der Waals surface area (Å²) in [5, 5.41) is 2.91. The van der Waals surface area contributed by atoms with Crippen LogP contribution in [0.2, 0.25) is 0 Å². The van der Waals surface area contributed by atoms with Crippen LogP contribution in [0.25, 0.3) is 0 Å². The summed E-state index contributed by atoms with van der Waals surface area (Å²) in [4.78, 5) is 14.2. The number of hydrogen-bond donors (Lipinski definition) is 1. The average Bonchev–Trinajstić information content (AvgIpc) is 2.69. The molecule has 2 rings (SSSR count). The topological polar surface area (TPSA) is 41.6 Å². The second-order valence-electron chi connectivity index (χ2n) is 6.85. The molecular weight excluding hydrogens is 264 g/mol. The highest BCUT2D eigenvalue weighted by molar-refractivity contribution is 5.69. The highest BCUT2D eigenvalue weighted by Gasteiger charge is 2.36. The van der Waals surface area contributed by atoms with Crippen molar-refractivity contribution in [1.29, 1.82) is 0 Å². The van der Waals surface area contributed by atoms with Crippen LogP contribution in [0.4, 0.5) is 4.79 Å². The number of benzene rings is 1. The molecule has 4 heteroatoms. The van der Waals surface area contributed by atoms with Gasteiger partial charge in [-0.25, -0.2) is 4.79 Å². The summed E-state index contributed by atoms with van der Waals surface area (Å²) in [7, 11) is 0. The van der Waals surface area contributed by atoms with Crippen molar-refractivity contribution in [3.63, 3.8) is 0 Å². The number of alkyl carbamates (subject to hydrolysis) is 1. The van der Waals surface area contributed by atoms with Crippen LogP contribution in [0.5, 0.6) is 0 Å². The molecule has 0 bridgehead atoms. The van der Waals surface area contributed by atoms with Crippen LogP contribution in [0, 0.1) is 6.92 Å². The predicted molar refractivity (Wildman–Crippen MR) is 83.8 cm³/mol. The number of carbonyl (C=O) groups excluding carboxylic acids is 1. The number of ether oxygens (including phenoxy) is 1. The Morgan fingerprint density at radius 2 is 2.05 bits per heavy atom. The lowest BCUT2D eigenvalue weighted by atomic mass is 10.0. The first-order valence-corrected chi connectivity index (χ1v) is 7.39. The molecule has 1 unspecified atom stereocenters. The van der Waals surface area contributed by atoms with Crippen molar-refractivity contribution >= 4 is 6.09 Å². The van der Waals surface area contributed by atoms with E-state index in [2.05, 4.69) is 29.3 Å². The summed E-state index contributed by atoms with van der Waals surface area (Å²) < 4.78 is 5.31. The van der Waals surface area contributed by atoms with Crippen LogP contribution < -0.4 is 5.32 Å². The minimum absolute atomic E-state index is 0.390. The van der Waals surface area contributed by atoms with Crippen molar-refractivity contribution in [2.45, 2.75) is 44.9 Å². The maximum Gasteiger partial charge on any atom is 0.408 e. The zero-order valence-corrected chi connectivity index (χ0v) is 13.2. The lowest BCUT2D eigenvalue weighted by molar-refractivity contribution is 0.0478. The minimum Gasteiger partial charge on any atom is -0.444 e. The molecule has 0 saturated carbocycles. The Labute approximate surface area is 127 Å². The summed E-state index contributed by atoms with van der Waals surface area (Å²) in [6.45, 7) is 12.3. The van der Waals surface area contributed by atoms with Gasteiger partial charge in [-0.1, -0.05) is 30.3 Å². The molecule has 0 spiro atoms. The first-order valence-electron chi connectivity index (χ1n) is 7.39. The molecule has 1 amide bonds. The maximum atomic E-state index is 11.9. The fourth-order valence-corrected chi connectivity index (χ4v) is 2.56. The van der Waals surface area contributed by atoms with E-state index in [-0.39, 0.29) is 6.09 Å². The molecule has 21 heavy (non-hydrogen) atoms. The molecule has 1 fully saturated rings. The van der Waals surface area contributed by atoms with E-state index >= 15 is 0 Å². The molecule has 1 aromatic rings. The van der Waals surface area contributed by atoms with Crippen molar-refractivity contribution in [3.05, 3.63) is 42.8 Å². The van der Waals surface area contributed by atoms with Gasteiger partial charge in [0.25, 0.3) is 0 Å². The zero-order chi connectivity index (χ0) is 15.5. The Kier molecular flexibility index (Phi) is 4.57. The standard InChI is InChI=1S/C17H25N2O2/c1-16(2,3)21-15(20)18-17(4)10-11-19(13-17)12-14-8-6-5-7-9-14/h5-9H,4,10-13H2,1-3H3,(H,18,20). The van der Waals surface area contributed by atoms with Crippen LogP contribution in [0.15, 0.2) is 30.3 Å². The SMILES string of the molecule is [CH2]C1(NC(=O)OC(C)(C)C)CCN(Cc2ccccc2)C1. The van der Waals surface area contributed by atoms with Gasteiger partial charge in [0.15, 0.2) is 0 Å². The monoisotopic (exact) mass is 289 g/mol. The third kappa shape index (κ3) is 5.05. The number of nitrogens with zero attached hydrogens (tertiary/aromatic N) is 1. The van der Waals surface area contributed by atoms with Gasteiger partial charge in [0, 0.05) is 19.6 Å². The largest absolute Gasteiger partial charge is 0.444 e. The third-order valence-electron chi connectivity index (χ3n) is 3.45. The van der Waals surface area contributed by atoms with Gasteiger partial charge in [0.05, 0.1) is 5.54 Å². The van der Waals surface area contributed by atoms with Crippen LogP contribution in [0.3, 0.4) is 0 Å². The van der Waals surface area contributed by atoms with E-state index in [0.717, 1.165) is 26.1 Å². The number of hydrogen-bond acceptors (Lipinski definition) is 3. The van der Waals surface area contributed by atoms with Gasteiger partial charge < -0.3 is 10.1 Å². The fourth-order valence-electron chi connectivity index (χ4n) is 2.56. The van der Waals surface area contributed by atoms with Gasteiger partial charge in [-0.15, -0.1) is 0 Å². The van der Waals surface area contributed by atoms with E-state index in [1.165, 1.54) is 5.56 Å². The molecular formula is C17H25N2O2. The molecule has 1 atom stereocenters. The molecule has 1 aromatic carbocycles. The highest BCUT2D eigenvalue weighted by atomic mass is 16.6. The molecule has 0 aromatic heterocycles. The Bertz CT molecular complexity index is 481. The quantitative estimate of drug-likeness (QED) is 0.930. The molecule has 1 N–H and O–H groups in total. The molecule has 1 aliphatic rings. The maximum absolute atomic E-state index is 11.9. The second kappa shape index (κ2) is 6.06. The summed E-state index contributed by atoms with van der Waals surface area (Å²) in [5.74, 6) is 0. The predicted octanol–water partition coefficient (Wildman–Crippen LogP) is 2.99. The van der Waals surface area contributed by atoms with E-state index in [4.69, 9.17) is 4.74 Å². The molecule has 1 heterocycles. The van der Waals surface area contributed by atoms with Gasteiger partial charge in [-0.05, 0) is 39.7 Å². The van der Waals surface area contributed by atoms with Gasteiger partial charge in [0.2, 0.25) is 0 Å². The van der Waals surface area contributed by atoms with Crippen molar-refractivity contribution in [1.82, 2.24) is 10.2 Å². The molecule has 1 radical (unpaired) electrons. The van der Waals surface area contributed by atoms with Crippen molar-refractivity contribution < 1.29 is 9.53 Å². The average molecular weight is 289 g/mol. The Hall–Kier alpha value is -1.55. The van der Waals surface area contributed by atoms with Crippen LogP contribution in [0.1, 0.15) is 32.8 Å². The van der Waals surface area contributed by atoms with Gasteiger partial charge in [-0.3, -0.25) is 4.90 Å². The summed E-state index contributed by atoms with van der Waals surface area (Å²) in [6, 6.07) is 10.3. The molecule has 4 nitrogen and oxygen atoms in total.